The molecule has 0 saturated carbocycles. The van der Waals surface area contributed by atoms with Gasteiger partial charge in [-0.1, -0.05) is 24.3 Å². The first-order chi connectivity index (χ1) is 10.4. The lowest BCUT2D eigenvalue weighted by Gasteiger charge is -2.05. The number of aryl methyl sites for hydroxylation is 1. The number of hydrogen-bond acceptors (Lipinski definition) is 4. The smallest absolute Gasteiger partial charge is 0.336 e. The van der Waals surface area contributed by atoms with Gasteiger partial charge in [-0.3, -0.25) is 10.1 Å². The summed E-state index contributed by atoms with van der Waals surface area (Å²) in [6.45, 7) is 1.63. The Labute approximate surface area is 126 Å². The number of nitro benzene ring substituents is 1. The zero-order valence-corrected chi connectivity index (χ0v) is 11.8. The molecule has 0 aliphatic carbocycles. The van der Waals surface area contributed by atoms with E-state index in [1.54, 1.807) is 43.3 Å². The Morgan fingerprint density at radius 2 is 1.86 bits per heavy atom. The van der Waals surface area contributed by atoms with E-state index in [4.69, 9.17) is 5.73 Å². The van der Waals surface area contributed by atoms with Crippen molar-refractivity contribution in [3.63, 3.8) is 0 Å². The molecule has 3 N–H and O–H groups in total. The average Bonchev–Trinajstić information content (AvgIpc) is 2.47. The second-order valence-corrected chi connectivity index (χ2v) is 4.79. The minimum atomic E-state index is -1.12. The van der Waals surface area contributed by atoms with Crippen molar-refractivity contribution in [3.8, 4) is 0 Å². The number of aliphatic carboxylic acids is 1. The molecule has 0 spiro atoms. The first kappa shape index (κ1) is 15.2. The molecule has 0 atom stereocenters. The van der Waals surface area contributed by atoms with E-state index in [2.05, 4.69) is 0 Å². The van der Waals surface area contributed by atoms with Gasteiger partial charge in [-0.15, -0.1) is 0 Å². The van der Waals surface area contributed by atoms with Crippen LogP contribution in [-0.2, 0) is 4.79 Å². The third-order valence-corrected chi connectivity index (χ3v) is 3.19. The van der Waals surface area contributed by atoms with Crippen molar-refractivity contribution < 1.29 is 14.8 Å². The molecule has 2 aromatic rings. The second kappa shape index (κ2) is 6.09. The van der Waals surface area contributed by atoms with Gasteiger partial charge in [0.2, 0.25) is 0 Å². The van der Waals surface area contributed by atoms with Crippen LogP contribution in [0.15, 0.2) is 42.5 Å². The van der Waals surface area contributed by atoms with E-state index < -0.39 is 10.9 Å². The Kier molecular flexibility index (Phi) is 4.22. The van der Waals surface area contributed by atoms with Crippen LogP contribution in [0.4, 0.5) is 11.4 Å². The predicted molar refractivity (Wildman–Crippen MR) is 84.2 cm³/mol. The molecule has 0 saturated heterocycles. The third kappa shape index (κ3) is 3.29. The molecule has 112 valence electrons. The molecular formula is C16H14N2O4. The van der Waals surface area contributed by atoms with Crippen LogP contribution in [0.2, 0.25) is 0 Å². The van der Waals surface area contributed by atoms with Gasteiger partial charge in [0.1, 0.15) is 0 Å². The molecule has 0 unspecified atom stereocenters. The number of carboxylic acids is 1. The fourth-order valence-corrected chi connectivity index (χ4v) is 2.01. The highest BCUT2D eigenvalue weighted by molar-refractivity contribution is 6.20. The van der Waals surface area contributed by atoms with Gasteiger partial charge in [0, 0.05) is 17.3 Å². The van der Waals surface area contributed by atoms with Crippen molar-refractivity contribution in [1.29, 1.82) is 0 Å². The summed E-state index contributed by atoms with van der Waals surface area (Å²) >= 11 is 0. The standard InChI is InChI=1S/C16H14N2O4/c1-10-2-3-11(9-15(10)18(21)22)8-14(16(19)20)12-4-6-13(17)7-5-12/h2-9H,17H2,1H3,(H,19,20)/b14-8-. The topological polar surface area (TPSA) is 106 Å². The number of carbonyl (C=O) groups is 1. The van der Waals surface area contributed by atoms with Gasteiger partial charge in [-0.05, 0) is 36.3 Å². The lowest BCUT2D eigenvalue weighted by molar-refractivity contribution is -0.385. The number of anilines is 1. The summed E-state index contributed by atoms with van der Waals surface area (Å²) in [4.78, 5) is 21.9. The number of hydrogen-bond donors (Lipinski definition) is 2. The number of benzene rings is 2. The number of nitrogens with zero attached hydrogens (tertiary/aromatic N) is 1. The SMILES string of the molecule is Cc1ccc(/C=C(\C(=O)O)c2ccc(N)cc2)cc1[N+](=O)[O-]. The van der Waals surface area contributed by atoms with Crippen LogP contribution in [-0.4, -0.2) is 16.0 Å². The normalized spacial score (nSPS) is 11.2. The average molecular weight is 298 g/mol. The summed E-state index contributed by atoms with van der Waals surface area (Å²) in [5.41, 5.74) is 7.55. The van der Waals surface area contributed by atoms with Gasteiger partial charge in [0.15, 0.2) is 0 Å². The van der Waals surface area contributed by atoms with Crippen LogP contribution in [0, 0.1) is 17.0 Å². The summed E-state index contributed by atoms with van der Waals surface area (Å²) in [5, 5.41) is 20.3. The van der Waals surface area contributed by atoms with Crippen LogP contribution in [0.5, 0.6) is 0 Å². The molecule has 2 rings (SSSR count). The fraction of sp³-hybridized carbons (Fsp3) is 0.0625. The molecule has 0 aliphatic rings. The molecule has 6 heteroatoms. The van der Waals surface area contributed by atoms with Crippen molar-refractivity contribution in [3.05, 3.63) is 69.3 Å². The third-order valence-electron chi connectivity index (χ3n) is 3.19. The number of nitrogen functional groups attached to an aromatic ring is 1. The zero-order chi connectivity index (χ0) is 16.3. The highest BCUT2D eigenvalue weighted by atomic mass is 16.6. The van der Waals surface area contributed by atoms with Crippen LogP contribution >= 0.6 is 0 Å². The van der Waals surface area contributed by atoms with E-state index in [1.807, 2.05) is 0 Å². The highest BCUT2D eigenvalue weighted by Gasteiger charge is 2.13. The van der Waals surface area contributed by atoms with Crippen LogP contribution in [0.25, 0.3) is 11.6 Å². The molecule has 0 aromatic heterocycles. The van der Waals surface area contributed by atoms with E-state index in [1.165, 1.54) is 12.1 Å². The number of nitrogens with two attached hydrogens (primary N) is 1. The molecule has 22 heavy (non-hydrogen) atoms. The van der Waals surface area contributed by atoms with Crippen molar-refractivity contribution in [2.24, 2.45) is 0 Å². The Balaban J connectivity index is 2.51. The van der Waals surface area contributed by atoms with E-state index >= 15 is 0 Å². The molecule has 0 bridgehead atoms. The maximum atomic E-state index is 11.4. The Bertz CT molecular complexity index is 764. The molecule has 0 amide bonds. The van der Waals surface area contributed by atoms with Crippen molar-refractivity contribution in [1.82, 2.24) is 0 Å². The lowest BCUT2D eigenvalue weighted by atomic mass is 10.0. The maximum absolute atomic E-state index is 11.4. The van der Waals surface area contributed by atoms with Gasteiger partial charge >= 0.3 is 5.97 Å². The highest BCUT2D eigenvalue weighted by Crippen LogP contribution is 2.24. The monoisotopic (exact) mass is 298 g/mol. The summed E-state index contributed by atoms with van der Waals surface area (Å²) in [5.74, 6) is -1.12. The molecule has 0 radical (unpaired) electrons. The van der Waals surface area contributed by atoms with Crippen LogP contribution in [0.3, 0.4) is 0 Å². The maximum Gasteiger partial charge on any atom is 0.336 e. The van der Waals surface area contributed by atoms with E-state index in [9.17, 15) is 20.0 Å². The van der Waals surface area contributed by atoms with Gasteiger partial charge < -0.3 is 10.8 Å². The van der Waals surface area contributed by atoms with Crippen LogP contribution < -0.4 is 5.73 Å². The van der Waals surface area contributed by atoms with Gasteiger partial charge in [0.05, 0.1) is 10.5 Å². The molecule has 6 nitrogen and oxygen atoms in total. The number of rotatable bonds is 4. The second-order valence-electron chi connectivity index (χ2n) is 4.79. The lowest BCUT2D eigenvalue weighted by Crippen LogP contribution is -2.00. The summed E-state index contributed by atoms with van der Waals surface area (Å²) in [6, 6.07) is 11.0. The number of nitro groups is 1. The zero-order valence-electron chi connectivity index (χ0n) is 11.8. The minimum absolute atomic E-state index is 0.0400. The Morgan fingerprint density at radius 3 is 2.41 bits per heavy atom. The first-order valence-electron chi connectivity index (χ1n) is 6.44. The molecular weight excluding hydrogens is 284 g/mol. The van der Waals surface area contributed by atoms with E-state index in [0.717, 1.165) is 0 Å². The predicted octanol–water partition coefficient (Wildman–Crippen LogP) is 3.11. The summed E-state index contributed by atoms with van der Waals surface area (Å²) < 4.78 is 0. The Hall–Kier alpha value is -3.15. The van der Waals surface area contributed by atoms with E-state index in [0.29, 0.717) is 22.4 Å². The van der Waals surface area contributed by atoms with E-state index in [-0.39, 0.29) is 11.3 Å². The van der Waals surface area contributed by atoms with Gasteiger partial charge in [-0.25, -0.2) is 4.79 Å². The molecule has 2 aromatic carbocycles. The number of carboxylic acid groups (broad SMARTS) is 1. The quantitative estimate of drug-likeness (QED) is 0.296. The van der Waals surface area contributed by atoms with Crippen molar-refractivity contribution >= 4 is 29.0 Å². The minimum Gasteiger partial charge on any atom is -0.478 e. The summed E-state index contributed by atoms with van der Waals surface area (Å²) in [6.07, 6.45) is 1.40. The molecule has 0 aliphatic heterocycles. The van der Waals surface area contributed by atoms with Crippen LogP contribution in [0.1, 0.15) is 16.7 Å². The van der Waals surface area contributed by atoms with Crippen molar-refractivity contribution in [2.75, 3.05) is 5.73 Å². The molecule has 0 heterocycles. The largest absolute Gasteiger partial charge is 0.478 e. The van der Waals surface area contributed by atoms with Crippen molar-refractivity contribution in [2.45, 2.75) is 6.92 Å². The van der Waals surface area contributed by atoms with Gasteiger partial charge in [0.25, 0.3) is 5.69 Å². The fourth-order valence-electron chi connectivity index (χ4n) is 2.01. The molecule has 0 fully saturated rings. The Morgan fingerprint density at radius 1 is 1.23 bits per heavy atom. The van der Waals surface area contributed by atoms with Gasteiger partial charge in [-0.2, -0.15) is 0 Å². The summed E-state index contributed by atoms with van der Waals surface area (Å²) in [7, 11) is 0. The first-order valence-corrected chi connectivity index (χ1v) is 6.44.